The second-order valence-corrected chi connectivity index (χ2v) is 3.54. The molecule has 2 rings (SSSR count). The van der Waals surface area contributed by atoms with Gasteiger partial charge in [-0.1, -0.05) is 0 Å². The second-order valence-electron chi connectivity index (χ2n) is 3.54. The molecule has 8 nitrogen and oxygen atoms in total. The standard InChI is InChI=1S/C10H12N6O2/c1-3-11-10-13-7(2)8(16(17)18)9(14-10)15-6-4-5-12-15/h4-6H,3H2,1-2H3,(H,11,13,14). The van der Waals surface area contributed by atoms with Crippen LogP contribution in [-0.2, 0) is 0 Å². The Kier molecular flexibility index (Phi) is 3.18. The number of anilines is 1. The lowest BCUT2D eigenvalue weighted by molar-refractivity contribution is -0.385. The Balaban J connectivity index is 2.63. The van der Waals surface area contributed by atoms with Crippen LogP contribution in [0, 0.1) is 17.0 Å². The van der Waals surface area contributed by atoms with Gasteiger partial charge in [-0.3, -0.25) is 10.1 Å². The molecule has 0 unspecified atom stereocenters. The SMILES string of the molecule is CCNc1nc(C)c([N+](=O)[O-])c(-n2cccn2)n1. The molecule has 94 valence electrons. The molecule has 0 aliphatic carbocycles. The smallest absolute Gasteiger partial charge is 0.334 e. The van der Waals surface area contributed by atoms with E-state index >= 15 is 0 Å². The molecule has 0 fully saturated rings. The number of nitrogens with one attached hydrogen (secondary N) is 1. The minimum absolute atomic E-state index is 0.139. The van der Waals surface area contributed by atoms with Crippen LogP contribution in [-0.4, -0.2) is 31.2 Å². The van der Waals surface area contributed by atoms with Crippen LogP contribution in [0.2, 0.25) is 0 Å². The number of hydrogen-bond acceptors (Lipinski definition) is 6. The van der Waals surface area contributed by atoms with E-state index in [0.717, 1.165) is 0 Å². The first-order chi connectivity index (χ1) is 8.63. The number of rotatable bonds is 4. The van der Waals surface area contributed by atoms with Crippen LogP contribution >= 0.6 is 0 Å². The van der Waals surface area contributed by atoms with Crippen molar-refractivity contribution in [3.8, 4) is 5.82 Å². The molecule has 0 radical (unpaired) electrons. The highest BCUT2D eigenvalue weighted by atomic mass is 16.6. The van der Waals surface area contributed by atoms with Gasteiger partial charge in [-0.15, -0.1) is 0 Å². The van der Waals surface area contributed by atoms with E-state index in [-0.39, 0.29) is 11.5 Å². The average Bonchev–Trinajstić information content (AvgIpc) is 2.81. The summed E-state index contributed by atoms with van der Waals surface area (Å²) in [6.45, 7) is 4.11. The normalized spacial score (nSPS) is 10.3. The summed E-state index contributed by atoms with van der Waals surface area (Å²) in [7, 11) is 0. The highest BCUT2D eigenvalue weighted by molar-refractivity contribution is 5.52. The van der Waals surface area contributed by atoms with Crippen LogP contribution in [0.15, 0.2) is 18.5 Å². The molecule has 0 saturated heterocycles. The van der Waals surface area contributed by atoms with E-state index in [9.17, 15) is 10.1 Å². The molecular weight excluding hydrogens is 236 g/mol. The van der Waals surface area contributed by atoms with Crippen LogP contribution in [0.25, 0.3) is 5.82 Å². The zero-order valence-corrected chi connectivity index (χ0v) is 9.99. The Hall–Kier alpha value is -2.51. The second kappa shape index (κ2) is 4.78. The molecule has 18 heavy (non-hydrogen) atoms. The molecule has 0 aromatic carbocycles. The molecular formula is C10H12N6O2. The molecule has 0 amide bonds. The highest BCUT2D eigenvalue weighted by Gasteiger charge is 2.23. The quantitative estimate of drug-likeness (QED) is 0.647. The van der Waals surface area contributed by atoms with Gasteiger partial charge in [0.05, 0.1) is 4.92 Å². The van der Waals surface area contributed by atoms with Gasteiger partial charge in [-0.2, -0.15) is 10.1 Å². The van der Waals surface area contributed by atoms with Crippen LogP contribution in [0.4, 0.5) is 11.6 Å². The fraction of sp³-hybridized carbons (Fsp3) is 0.300. The Morgan fingerprint density at radius 1 is 1.50 bits per heavy atom. The summed E-state index contributed by atoms with van der Waals surface area (Å²) >= 11 is 0. The maximum absolute atomic E-state index is 11.1. The summed E-state index contributed by atoms with van der Waals surface area (Å²) in [5.41, 5.74) is 0.164. The maximum Gasteiger partial charge on any atom is 0.334 e. The minimum Gasteiger partial charge on any atom is -0.354 e. The van der Waals surface area contributed by atoms with Crippen molar-refractivity contribution in [1.82, 2.24) is 19.7 Å². The van der Waals surface area contributed by atoms with E-state index in [1.165, 1.54) is 10.9 Å². The van der Waals surface area contributed by atoms with Crippen molar-refractivity contribution in [2.24, 2.45) is 0 Å². The molecule has 2 aromatic rings. The van der Waals surface area contributed by atoms with Crippen molar-refractivity contribution < 1.29 is 4.92 Å². The van der Waals surface area contributed by atoms with Crippen molar-refractivity contribution in [3.63, 3.8) is 0 Å². The van der Waals surface area contributed by atoms with Crippen LogP contribution < -0.4 is 5.32 Å². The Labute approximate surface area is 103 Å². The van der Waals surface area contributed by atoms with Gasteiger partial charge in [0.15, 0.2) is 0 Å². The fourth-order valence-corrected chi connectivity index (χ4v) is 1.56. The zero-order valence-electron chi connectivity index (χ0n) is 9.99. The maximum atomic E-state index is 11.1. The number of nitrogens with zero attached hydrogens (tertiary/aromatic N) is 5. The van der Waals surface area contributed by atoms with E-state index in [2.05, 4.69) is 20.4 Å². The Morgan fingerprint density at radius 2 is 2.28 bits per heavy atom. The number of nitro groups is 1. The van der Waals surface area contributed by atoms with Crippen molar-refractivity contribution in [3.05, 3.63) is 34.3 Å². The lowest BCUT2D eigenvalue weighted by Crippen LogP contribution is -2.11. The third-order valence-electron chi connectivity index (χ3n) is 2.28. The summed E-state index contributed by atoms with van der Waals surface area (Å²) in [6.07, 6.45) is 3.14. The third-order valence-corrected chi connectivity index (χ3v) is 2.28. The molecule has 2 aromatic heterocycles. The van der Waals surface area contributed by atoms with Crippen molar-refractivity contribution in [2.45, 2.75) is 13.8 Å². The van der Waals surface area contributed by atoms with Crippen molar-refractivity contribution in [2.75, 3.05) is 11.9 Å². The van der Waals surface area contributed by atoms with Gasteiger partial charge in [0.1, 0.15) is 5.69 Å². The van der Waals surface area contributed by atoms with E-state index < -0.39 is 4.92 Å². The summed E-state index contributed by atoms with van der Waals surface area (Å²) in [5.74, 6) is 0.513. The molecule has 0 spiro atoms. The predicted molar refractivity (Wildman–Crippen MR) is 64.7 cm³/mol. The first kappa shape index (κ1) is 12.0. The van der Waals surface area contributed by atoms with Crippen molar-refractivity contribution in [1.29, 1.82) is 0 Å². The van der Waals surface area contributed by atoms with Crippen LogP contribution in [0.3, 0.4) is 0 Å². The largest absolute Gasteiger partial charge is 0.354 e. The molecule has 0 bridgehead atoms. The molecule has 0 aliphatic rings. The van der Waals surface area contributed by atoms with Gasteiger partial charge in [-0.25, -0.2) is 9.67 Å². The van der Waals surface area contributed by atoms with E-state index in [0.29, 0.717) is 18.2 Å². The molecule has 2 heterocycles. The van der Waals surface area contributed by atoms with Gasteiger partial charge in [-0.05, 0) is 19.9 Å². The van der Waals surface area contributed by atoms with Crippen molar-refractivity contribution >= 4 is 11.6 Å². The fourth-order valence-electron chi connectivity index (χ4n) is 1.56. The molecule has 0 atom stereocenters. The third kappa shape index (κ3) is 2.12. The first-order valence-electron chi connectivity index (χ1n) is 5.40. The highest BCUT2D eigenvalue weighted by Crippen LogP contribution is 2.24. The monoisotopic (exact) mass is 248 g/mol. The minimum atomic E-state index is -0.498. The topological polar surface area (TPSA) is 98.8 Å². The Morgan fingerprint density at radius 3 is 2.83 bits per heavy atom. The number of hydrogen-bond donors (Lipinski definition) is 1. The molecule has 0 aliphatic heterocycles. The lowest BCUT2D eigenvalue weighted by Gasteiger charge is -2.07. The van der Waals surface area contributed by atoms with E-state index in [1.807, 2.05) is 6.92 Å². The Bertz CT molecular complexity index is 566. The van der Waals surface area contributed by atoms with Crippen LogP contribution in [0.1, 0.15) is 12.6 Å². The summed E-state index contributed by atoms with van der Waals surface area (Å²) < 4.78 is 1.35. The van der Waals surface area contributed by atoms with Gasteiger partial charge in [0, 0.05) is 18.9 Å². The molecule has 8 heteroatoms. The lowest BCUT2D eigenvalue weighted by atomic mass is 10.3. The zero-order chi connectivity index (χ0) is 13.1. The van der Waals surface area contributed by atoms with Crippen LogP contribution in [0.5, 0.6) is 0 Å². The van der Waals surface area contributed by atoms with Gasteiger partial charge < -0.3 is 5.32 Å². The summed E-state index contributed by atoms with van der Waals surface area (Å²) in [4.78, 5) is 18.7. The number of aromatic nitrogens is 4. The van der Waals surface area contributed by atoms with Gasteiger partial charge in [0.2, 0.25) is 11.8 Å². The molecule has 1 N–H and O–H groups in total. The van der Waals surface area contributed by atoms with E-state index in [4.69, 9.17) is 0 Å². The predicted octanol–water partition coefficient (Wildman–Crippen LogP) is 1.31. The first-order valence-corrected chi connectivity index (χ1v) is 5.40. The van der Waals surface area contributed by atoms with Gasteiger partial charge in [0.25, 0.3) is 0 Å². The summed E-state index contributed by atoms with van der Waals surface area (Å²) in [5, 5.41) is 18.0. The van der Waals surface area contributed by atoms with Gasteiger partial charge >= 0.3 is 5.69 Å². The molecule has 0 saturated carbocycles. The van der Waals surface area contributed by atoms with E-state index in [1.54, 1.807) is 19.2 Å². The summed E-state index contributed by atoms with van der Waals surface area (Å²) in [6, 6.07) is 1.67. The average molecular weight is 248 g/mol. The number of aryl methyl sites for hydroxylation is 1.